The highest BCUT2D eigenvalue weighted by Gasteiger charge is 2.34. The molecule has 0 bridgehead atoms. The molecule has 146 valence electrons. The van der Waals surface area contributed by atoms with Crippen LogP contribution in [0, 0.1) is 3.57 Å². The summed E-state index contributed by atoms with van der Waals surface area (Å²) < 4.78 is 50.5. The van der Waals surface area contributed by atoms with E-state index in [2.05, 4.69) is 4.74 Å². The minimum atomic E-state index is -4.57. The smallest absolute Gasteiger partial charge is 0.438 e. The molecular weight excluding hydrogens is 478 g/mol. The van der Waals surface area contributed by atoms with E-state index in [1.807, 2.05) is 22.6 Å². The second kappa shape index (κ2) is 8.79. The van der Waals surface area contributed by atoms with Gasteiger partial charge in [-0.25, -0.2) is 4.79 Å². The number of hydrogen-bond acceptors (Lipinski definition) is 4. The van der Waals surface area contributed by atoms with Gasteiger partial charge in [0.1, 0.15) is 12.4 Å². The largest absolute Gasteiger partial charge is 0.488 e. The van der Waals surface area contributed by atoms with Gasteiger partial charge in [0.25, 0.3) is 0 Å². The van der Waals surface area contributed by atoms with E-state index in [4.69, 9.17) is 4.74 Å². The number of alkyl halides is 3. The second-order valence-corrected chi connectivity index (χ2v) is 6.65. The van der Waals surface area contributed by atoms with Gasteiger partial charge in [-0.15, -0.1) is 0 Å². The Morgan fingerprint density at radius 3 is 2.56 bits per heavy atom. The minimum Gasteiger partial charge on any atom is -0.488 e. The van der Waals surface area contributed by atoms with Gasteiger partial charge in [-0.2, -0.15) is 18.2 Å². The van der Waals surface area contributed by atoms with E-state index < -0.39 is 17.8 Å². The molecule has 5 nitrogen and oxygen atoms in total. The molecule has 0 fully saturated rings. The summed E-state index contributed by atoms with van der Waals surface area (Å²) in [6.45, 7) is 1.48. The Hall–Kier alpha value is -2.01. The number of carbonyl (C=O) groups is 1. The zero-order chi connectivity index (χ0) is 20.2. The Balaban J connectivity index is 2.36. The molecule has 0 spiro atoms. The van der Waals surface area contributed by atoms with Crippen molar-refractivity contribution in [3.8, 4) is 5.75 Å². The average Bonchev–Trinajstić information content (AvgIpc) is 2.64. The molecule has 9 heteroatoms. The van der Waals surface area contributed by atoms with E-state index in [1.54, 1.807) is 25.1 Å². The van der Waals surface area contributed by atoms with Crippen LogP contribution in [0.2, 0.25) is 0 Å². The SMILES string of the molecule is CCc1ccc(OCc2c(I)cccc2N(O)C(=O)OC)c(C(F)(F)F)c1. The molecular formula is C18H17F3INO4. The van der Waals surface area contributed by atoms with Gasteiger partial charge in [-0.3, -0.25) is 5.21 Å². The van der Waals surface area contributed by atoms with Crippen LogP contribution in [0.5, 0.6) is 5.75 Å². The van der Waals surface area contributed by atoms with Crippen LogP contribution in [0.25, 0.3) is 0 Å². The Bertz CT molecular complexity index is 827. The maximum absolute atomic E-state index is 13.3. The van der Waals surface area contributed by atoms with Crippen molar-refractivity contribution in [2.75, 3.05) is 12.2 Å². The summed E-state index contributed by atoms with van der Waals surface area (Å²) in [6.07, 6.45) is -5.13. The maximum Gasteiger partial charge on any atom is 0.438 e. The molecule has 0 aliphatic carbocycles. The van der Waals surface area contributed by atoms with Crippen LogP contribution in [-0.2, 0) is 23.9 Å². The van der Waals surface area contributed by atoms with Crippen molar-refractivity contribution >= 4 is 34.4 Å². The molecule has 0 aliphatic heterocycles. The number of ether oxygens (including phenoxy) is 2. The van der Waals surface area contributed by atoms with Crippen molar-refractivity contribution in [1.29, 1.82) is 0 Å². The molecule has 2 aromatic carbocycles. The third-order valence-corrected chi connectivity index (χ3v) is 4.81. The van der Waals surface area contributed by atoms with Crippen LogP contribution in [0.3, 0.4) is 0 Å². The monoisotopic (exact) mass is 495 g/mol. The fourth-order valence-corrected chi connectivity index (χ4v) is 3.01. The molecule has 0 saturated heterocycles. The topological polar surface area (TPSA) is 59.0 Å². The summed E-state index contributed by atoms with van der Waals surface area (Å²) in [5.74, 6) is -0.326. The molecule has 0 unspecified atom stereocenters. The molecule has 2 rings (SSSR count). The molecule has 1 N–H and O–H groups in total. The molecule has 27 heavy (non-hydrogen) atoms. The van der Waals surface area contributed by atoms with Crippen LogP contribution < -0.4 is 9.80 Å². The summed E-state index contributed by atoms with van der Waals surface area (Å²) in [5.41, 5.74) is 0.0752. The van der Waals surface area contributed by atoms with Gasteiger partial charge in [-0.05, 0) is 58.8 Å². The molecule has 1 amide bonds. The van der Waals surface area contributed by atoms with E-state index in [1.165, 1.54) is 12.1 Å². The Morgan fingerprint density at radius 1 is 1.26 bits per heavy atom. The maximum atomic E-state index is 13.3. The van der Waals surface area contributed by atoms with Crippen LogP contribution in [-0.4, -0.2) is 18.4 Å². The summed E-state index contributed by atoms with van der Waals surface area (Å²) in [4.78, 5) is 11.6. The molecule has 0 radical (unpaired) electrons. The van der Waals surface area contributed by atoms with E-state index >= 15 is 0 Å². The second-order valence-electron chi connectivity index (χ2n) is 5.49. The van der Waals surface area contributed by atoms with Gasteiger partial charge in [-0.1, -0.05) is 19.1 Å². The Kier molecular flexibility index (Phi) is 6.93. The van der Waals surface area contributed by atoms with E-state index in [0.29, 0.717) is 21.1 Å². The number of methoxy groups -OCH3 is 1. The number of halogens is 4. The standard InChI is InChI=1S/C18H17F3INO4/c1-3-11-7-8-16(13(9-11)18(19,20)21)27-10-12-14(22)5-4-6-15(12)23(25)17(24)26-2/h4-9,25H,3,10H2,1-2H3. The quantitative estimate of drug-likeness (QED) is 0.342. The lowest BCUT2D eigenvalue weighted by molar-refractivity contribution is -0.139. The van der Waals surface area contributed by atoms with Gasteiger partial charge < -0.3 is 9.47 Å². The number of amides is 1. The number of hydroxylamine groups is 1. The lowest BCUT2D eigenvalue weighted by Gasteiger charge is -2.20. The highest BCUT2D eigenvalue weighted by Crippen LogP contribution is 2.38. The highest BCUT2D eigenvalue weighted by atomic mass is 127. The van der Waals surface area contributed by atoms with Crippen LogP contribution in [0.1, 0.15) is 23.6 Å². The van der Waals surface area contributed by atoms with Crippen LogP contribution in [0.15, 0.2) is 36.4 Å². The first-order chi connectivity index (χ1) is 12.7. The molecule has 2 aromatic rings. The fourth-order valence-electron chi connectivity index (χ4n) is 2.37. The number of carbonyl (C=O) groups excluding carboxylic acids is 1. The number of rotatable bonds is 5. The molecule has 0 aliphatic rings. The summed E-state index contributed by atoms with van der Waals surface area (Å²) in [5, 5.41) is 10.2. The Labute approximate surface area is 167 Å². The van der Waals surface area contributed by atoms with Crippen LogP contribution >= 0.6 is 22.6 Å². The van der Waals surface area contributed by atoms with Crippen LogP contribution in [0.4, 0.5) is 23.7 Å². The van der Waals surface area contributed by atoms with Crippen molar-refractivity contribution in [3.05, 3.63) is 56.7 Å². The van der Waals surface area contributed by atoms with Gasteiger partial charge in [0.2, 0.25) is 0 Å². The first-order valence-electron chi connectivity index (χ1n) is 7.86. The van der Waals surface area contributed by atoms with Gasteiger partial charge in [0.05, 0.1) is 18.4 Å². The van der Waals surface area contributed by atoms with Crippen molar-refractivity contribution in [3.63, 3.8) is 0 Å². The van der Waals surface area contributed by atoms with Gasteiger partial charge in [0.15, 0.2) is 0 Å². The van der Waals surface area contributed by atoms with Crippen molar-refractivity contribution < 1.29 is 32.6 Å². The normalized spacial score (nSPS) is 11.2. The number of anilines is 1. The van der Waals surface area contributed by atoms with Crippen molar-refractivity contribution in [2.24, 2.45) is 0 Å². The van der Waals surface area contributed by atoms with E-state index in [9.17, 15) is 23.2 Å². The molecule has 0 atom stereocenters. The number of benzene rings is 2. The van der Waals surface area contributed by atoms with Gasteiger partial charge in [0, 0.05) is 9.13 Å². The molecule has 0 aromatic heterocycles. The van der Waals surface area contributed by atoms with Crippen molar-refractivity contribution in [2.45, 2.75) is 26.1 Å². The predicted octanol–water partition coefficient (Wildman–Crippen LogP) is 5.41. The fraction of sp³-hybridized carbons (Fsp3) is 0.278. The van der Waals surface area contributed by atoms with Crippen molar-refractivity contribution in [1.82, 2.24) is 0 Å². The summed E-state index contributed by atoms with van der Waals surface area (Å²) >= 11 is 1.94. The zero-order valence-electron chi connectivity index (χ0n) is 14.5. The third kappa shape index (κ3) is 5.04. The lowest BCUT2D eigenvalue weighted by atomic mass is 10.1. The minimum absolute atomic E-state index is 0.0625. The average molecular weight is 495 g/mol. The number of hydrogen-bond donors (Lipinski definition) is 1. The first kappa shape index (κ1) is 21.3. The highest BCUT2D eigenvalue weighted by molar-refractivity contribution is 14.1. The van der Waals surface area contributed by atoms with E-state index in [-0.39, 0.29) is 23.1 Å². The number of nitrogens with zero attached hydrogens (tertiary/aromatic N) is 1. The molecule has 0 heterocycles. The summed E-state index contributed by atoms with van der Waals surface area (Å²) in [6, 6.07) is 8.59. The Morgan fingerprint density at radius 2 is 1.96 bits per heavy atom. The lowest BCUT2D eigenvalue weighted by Crippen LogP contribution is -2.28. The predicted molar refractivity (Wildman–Crippen MR) is 101 cm³/mol. The zero-order valence-corrected chi connectivity index (χ0v) is 16.7. The number of aryl methyl sites for hydroxylation is 1. The first-order valence-corrected chi connectivity index (χ1v) is 8.94. The van der Waals surface area contributed by atoms with E-state index in [0.717, 1.165) is 13.2 Å². The summed E-state index contributed by atoms with van der Waals surface area (Å²) in [7, 11) is 1.10. The molecule has 0 saturated carbocycles. The third-order valence-electron chi connectivity index (χ3n) is 3.80. The van der Waals surface area contributed by atoms with Gasteiger partial charge >= 0.3 is 12.3 Å².